The van der Waals surface area contributed by atoms with Gasteiger partial charge in [0.1, 0.15) is 0 Å². The largest absolute Gasteiger partial charge is 0.234 e. The van der Waals surface area contributed by atoms with Crippen LogP contribution in [0.3, 0.4) is 0 Å². The Morgan fingerprint density at radius 1 is 1.36 bits per heavy atom. The second-order valence-corrected chi connectivity index (χ2v) is 4.97. The first kappa shape index (κ1) is 7.31. The first-order valence-electron chi connectivity index (χ1n) is 3.81. The van der Waals surface area contributed by atoms with E-state index in [9.17, 15) is 8.42 Å². The highest BCUT2D eigenvalue weighted by Gasteiger charge is 2.34. The summed E-state index contributed by atoms with van der Waals surface area (Å²) in [5.41, 5.74) is 1.09. The smallest absolute Gasteiger partial charge is 0.225 e. The van der Waals surface area contributed by atoms with Gasteiger partial charge in [-0.15, -0.1) is 0 Å². The third-order valence-electron chi connectivity index (χ3n) is 2.60. The molecule has 4 heteroatoms. The van der Waals surface area contributed by atoms with Crippen LogP contribution in [-0.2, 0) is 10.0 Å². The molecule has 1 fully saturated rings. The van der Waals surface area contributed by atoms with E-state index < -0.39 is 10.0 Å². The first-order valence-corrected chi connectivity index (χ1v) is 5.35. The molecule has 0 aromatic heterocycles. The summed E-state index contributed by atoms with van der Waals surface area (Å²) in [5.74, 6) is 0.582. The lowest BCUT2D eigenvalue weighted by molar-refractivity contribution is 0.560. The van der Waals surface area contributed by atoms with E-state index in [0.29, 0.717) is 17.2 Å². The molecule has 11 heavy (non-hydrogen) atoms. The Balaban J connectivity index is 2.43. The van der Waals surface area contributed by atoms with Gasteiger partial charge in [0.15, 0.2) is 0 Å². The van der Waals surface area contributed by atoms with Gasteiger partial charge in [-0.25, -0.2) is 13.6 Å². The van der Waals surface area contributed by atoms with E-state index in [2.05, 4.69) is 0 Å². The van der Waals surface area contributed by atoms with E-state index in [0.717, 1.165) is 24.8 Å². The molecule has 2 bridgehead atoms. The molecule has 0 amide bonds. The van der Waals surface area contributed by atoms with Crippen molar-refractivity contribution in [2.75, 3.05) is 0 Å². The van der Waals surface area contributed by atoms with Gasteiger partial charge in [0.05, 0.1) is 4.91 Å². The van der Waals surface area contributed by atoms with Gasteiger partial charge in [-0.3, -0.25) is 0 Å². The summed E-state index contributed by atoms with van der Waals surface area (Å²) in [6, 6.07) is 0. The number of allylic oxidation sites excluding steroid dienone is 2. The average Bonchev–Trinajstić information content (AvgIpc) is 2.42. The van der Waals surface area contributed by atoms with Crippen molar-refractivity contribution in [2.45, 2.75) is 25.7 Å². The second-order valence-electron chi connectivity index (χ2n) is 3.38. The first-order chi connectivity index (χ1) is 5.07. The zero-order chi connectivity index (χ0) is 8.06. The van der Waals surface area contributed by atoms with Gasteiger partial charge >= 0.3 is 0 Å². The Morgan fingerprint density at radius 3 is 2.36 bits per heavy atom. The van der Waals surface area contributed by atoms with Gasteiger partial charge < -0.3 is 0 Å². The molecule has 2 rings (SSSR count). The van der Waals surface area contributed by atoms with Crippen LogP contribution < -0.4 is 5.14 Å². The van der Waals surface area contributed by atoms with Crippen LogP contribution in [-0.4, -0.2) is 8.42 Å². The van der Waals surface area contributed by atoms with Crippen LogP contribution in [0.5, 0.6) is 0 Å². The van der Waals surface area contributed by atoms with Crippen LogP contribution in [0.25, 0.3) is 0 Å². The van der Waals surface area contributed by atoms with E-state index >= 15 is 0 Å². The van der Waals surface area contributed by atoms with Crippen molar-refractivity contribution in [3.8, 4) is 0 Å². The minimum absolute atomic E-state index is 0.536. The lowest BCUT2D eigenvalue weighted by Gasteiger charge is -2.08. The molecule has 1 saturated carbocycles. The van der Waals surface area contributed by atoms with Crippen molar-refractivity contribution in [3.05, 3.63) is 10.5 Å². The maximum atomic E-state index is 10.9. The summed E-state index contributed by atoms with van der Waals surface area (Å²) in [6.45, 7) is 0. The fourth-order valence-electron chi connectivity index (χ4n) is 2.08. The molecule has 0 spiro atoms. The summed E-state index contributed by atoms with van der Waals surface area (Å²) in [5, 5.41) is 5.04. The molecule has 0 saturated heterocycles. The van der Waals surface area contributed by atoms with Gasteiger partial charge in [-0.1, -0.05) is 5.57 Å². The highest BCUT2D eigenvalue weighted by atomic mass is 32.2. The second kappa shape index (κ2) is 2.08. The van der Waals surface area contributed by atoms with Crippen molar-refractivity contribution < 1.29 is 8.42 Å². The maximum Gasteiger partial charge on any atom is 0.234 e. The van der Waals surface area contributed by atoms with Gasteiger partial charge in [0.25, 0.3) is 0 Å². The Bertz CT molecular complexity index is 315. The van der Waals surface area contributed by atoms with Crippen LogP contribution in [0.2, 0.25) is 0 Å². The average molecular weight is 173 g/mol. The van der Waals surface area contributed by atoms with E-state index in [1.54, 1.807) is 0 Å². The molecule has 2 aliphatic carbocycles. The Morgan fingerprint density at radius 2 is 2.09 bits per heavy atom. The predicted molar refractivity (Wildman–Crippen MR) is 42.1 cm³/mol. The van der Waals surface area contributed by atoms with E-state index in [4.69, 9.17) is 5.14 Å². The standard InChI is InChI=1S/C7H11NO2S/c8-11(9,10)7-4-5-1-2-6(7)3-5/h5H,1-4H2,(H2,8,9,10). The van der Waals surface area contributed by atoms with Crippen molar-refractivity contribution >= 4 is 10.0 Å². The Labute approximate surface area is 66.3 Å². The lowest BCUT2D eigenvalue weighted by atomic mass is 10.1. The normalized spacial score (nSPS) is 30.1. The molecule has 0 heterocycles. The molecule has 2 aliphatic rings. The minimum atomic E-state index is -3.35. The highest BCUT2D eigenvalue weighted by Crippen LogP contribution is 2.45. The van der Waals surface area contributed by atoms with Crippen molar-refractivity contribution in [2.24, 2.45) is 11.1 Å². The zero-order valence-corrected chi connectivity index (χ0v) is 7.02. The summed E-state index contributed by atoms with van der Waals surface area (Å²) in [4.78, 5) is 0.536. The molecule has 1 atom stereocenters. The lowest BCUT2D eigenvalue weighted by Crippen LogP contribution is -2.16. The molecule has 0 aromatic carbocycles. The number of fused-ring (bicyclic) bond motifs is 2. The minimum Gasteiger partial charge on any atom is -0.225 e. The highest BCUT2D eigenvalue weighted by molar-refractivity contribution is 7.93. The molecule has 0 radical (unpaired) electrons. The molecule has 0 aromatic rings. The van der Waals surface area contributed by atoms with Crippen molar-refractivity contribution in [1.29, 1.82) is 0 Å². The van der Waals surface area contributed by atoms with Crippen LogP contribution in [0.1, 0.15) is 25.7 Å². The summed E-state index contributed by atoms with van der Waals surface area (Å²) >= 11 is 0. The van der Waals surface area contributed by atoms with Gasteiger partial charge in [-0.2, -0.15) is 0 Å². The van der Waals surface area contributed by atoms with E-state index in [1.165, 1.54) is 0 Å². The Hall–Kier alpha value is -0.350. The maximum absolute atomic E-state index is 10.9. The number of hydrogen-bond acceptors (Lipinski definition) is 2. The fourth-order valence-corrected chi connectivity index (χ4v) is 3.14. The molecule has 0 aliphatic heterocycles. The molecule has 3 nitrogen and oxygen atoms in total. The molecule has 2 N–H and O–H groups in total. The third-order valence-corrected chi connectivity index (χ3v) is 3.74. The van der Waals surface area contributed by atoms with E-state index in [-0.39, 0.29) is 0 Å². The fraction of sp³-hybridized carbons (Fsp3) is 0.714. The molecular weight excluding hydrogens is 162 g/mol. The van der Waals surface area contributed by atoms with Crippen LogP contribution in [0.4, 0.5) is 0 Å². The van der Waals surface area contributed by atoms with Crippen LogP contribution >= 0.6 is 0 Å². The molecular formula is C7H11NO2S. The zero-order valence-electron chi connectivity index (χ0n) is 6.21. The third kappa shape index (κ3) is 1.10. The SMILES string of the molecule is NS(=O)(=O)C1=C2CCC(C2)C1. The Kier molecular flexibility index (Phi) is 1.38. The van der Waals surface area contributed by atoms with Gasteiger partial charge in [0, 0.05) is 0 Å². The molecule has 1 unspecified atom stereocenters. The van der Waals surface area contributed by atoms with Gasteiger partial charge in [0.2, 0.25) is 10.0 Å². The summed E-state index contributed by atoms with van der Waals surface area (Å²) in [7, 11) is -3.35. The predicted octanol–water partition coefficient (Wildman–Crippen LogP) is 0.733. The number of primary sulfonamides is 1. The van der Waals surface area contributed by atoms with E-state index in [1.807, 2.05) is 0 Å². The van der Waals surface area contributed by atoms with Crippen molar-refractivity contribution in [3.63, 3.8) is 0 Å². The van der Waals surface area contributed by atoms with Crippen molar-refractivity contribution in [1.82, 2.24) is 0 Å². The van der Waals surface area contributed by atoms with Gasteiger partial charge in [-0.05, 0) is 31.6 Å². The van der Waals surface area contributed by atoms with Crippen LogP contribution in [0, 0.1) is 5.92 Å². The van der Waals surface area contributed by atoms with Crippen LogP contribution in [0.15, 0.2) is 10.5 Å². The number of nitrogens with two attached hydrogens (primary N) is 1. The quantitative estimate of drug-likeness (QED) is 0.635. The summed E-state index contributed by atoms with van der Waals surface area (Å²) < 4.78 is 21.9. The number of hydrogen-bond donors (Lipinski definition) is 1. The number of sulfonamides is 1. The topological polar surface area (TPSA) is 60.2 Å². The monoisotopic (exact) mass is 173 g/mol. The molecule has 62 valence electrons. The number of rotatable bonds is 1. The summed E-state index contributed by atoms with van der Waals surface area (Å²) in [6.07, 6.45) is 3.80.